The summed E-state index contributed by atoms with van der Waals surface area (Å²) < 4.78 is 0. The Hall–Kier alpha value is -1.34. The molecule has 0 heterocycles. The summed E-state index contributed by atoms with van der Waals surface area (Å²) in [6, 6.07) is 15.1. The number of nitrogens with two attached hydrogens (primary N) is 2. The maximum absolute atomic E-state index is 5.92. The van der Waals surface area contributed by atoms with Crippen LogP contribution in [0.1, 0.15) is 74.0 Å². The molecule has 2 aromatic rings. The van der Waals surface area contributed by atoms with Crippen molar-refractivity contribution in [1.82, 2.24) is 0 Å². The molecule has 2 saturated carbocycles. The number of anilines is 2. The fraction of sp³-hybridized carbons (Fsp3) is 0.480. The molecule has 4 rings (SSSR count). The second-order valence-electron chi connectivity index (χ2n) is 8.74. The predicted octanol–water partition coefficient (Wildman–Crippen LogP) is 6.11. The Morgan fingerprint density at radius 1 is 0.714 bits per heavy atom. The van der Waals surface area contributed by atoms with Gasteiger partial charge in [0.05, 0.1) is 0 Å². The number of hydrogen-bond acceptors (Lipinski definition) is 2. The first-order chi connectivity index (χ1) is 13.2. The molecule has 2 aromatic carbocycles. The monoisotopic (exact) mass is 463 g/mol. The minimum atomic E-state index is 0. The first-order valence-corrected chi connectivity index (χ1v) is 10.7. The minimum Gasteiger partial charge on any atom is -0.399 e. The Bertz CT molecular complexity index is 721. The van der Waals surface area contributed by atoms with Crippen LogP contribution in [0.15, 0.2) is 42.5 Å². The topological polar surface area (TPSA) is 52.0 Å². The fourth-order valence-electron chi connectivity index (χ4n) is 5.34. The van der Waals surface area contributed by atoms with Crippen LogP contribution < -0.4 is 11.5 Å². The molecular weight excluding hydrogens is 429 g/mol. The molecule has 2 fully saturated rings. The fourth-order valence-corrected chi connectivity index (χ4v) is 5.34. The molecule has 0 saturated heterocycles. The van der Waals surface area contributed by atoms with Crippen molar-refractivity contribution in [2.45, 2.75) is 63.7 Å². The smallest absolute Gasteiger partial charge is 0.399 e. The van der Waals surface area contributed by atoms with E-state index >= 15 is 0 Å². The molecule has 0 aliphatic heterocycles. The van der Waals surface area contributed by atoms with E-state index in [4.69, 9.17) is 11.5 Å². The molecule has 0 atom stereocenters. The van der Waals surface area contributed by atoms with E-state index in [0.29, 0.717) is 0 Å². The molecule has 0 amide bonds. The van der Waals surface area contributed by atoms with Crippen LogP contribution in [0.3, 0.4) is 0 Å². The normalized spacial score (nSPS) is 23.1. The first-order valence-electron chi connectivity index (χ1n) is 10.7. The summed E-state index contributed by atoms with van der Waals surface area (Å²) in [5, 5.41) is 0. The summed E-state index contributed by atoms with van der Waals surface area (Å²) >= 11 is 0. The van der Waals surface area contributed by atoms with E-state index in [9.17, 15) is 0 Å². The molecule has 28 heavy (non-hydrogen) atoms. The van der Waals surface area contributed by atoms with E-state index < -0.39 is 0 Å². The van der Waals surface area contributed by atoms with Gasteiger partial charge in [0.2, 0.25) is 0 Å². The molecule has 4 N–H and O–H groups in total. The number of nitrogen functional groups attached to an aromatic ring is 2. The van der Waals surface area contributed by atoms with Crippen molar-refractivity contribution >= 4 is 11.4 Å². The van der Waals surface area contributed by atoms with Crippen LogP contribution in [-0.2, 0) is 25.9 Å². The third kappa shape index (κ3) is 5.38. The van der Waals surface area contributed by atoms with Crippen molar-refractivity contribution in [2.24, 2.45) is 11.8 Å². The van der Waals surface area contributed by atoms with Crippen LogP contribution in [0.25, 0.3) is 0 Å². The first kappa shape index (κ1) is 21.4. The van der Waals surface area contributed by atoms with Crippen molar-refractivity contribution in [3.05, 3.63) is 65.6 Å². The summed E-state index contributed by atoms with van der Waals surface area (Å²) in [5.74, 6) is 2.75. The van der Waals surface area contributed by atoms with Crippen LogP contribution in [0.5, 0.6) is 0 Å². The van der Waals surface area contributed by atoms with Gasteiger partial charge in [0.15, 0.2) is 0 Å². The van der Waals surface area contributed by atoms with Gasteiger partial charge >= 0.3 is 19.5 Å². The van der Waals surface area contributed by atoms with E-state index in [-0.39, 0.29) is 19.5 Å². The zero-order valence-corrected chi connectivity index (χ0v) is 18.5. The van der Waals surface area contributed by atoms with Gasteiger partial charge in [0.1, 0.15) is 0 Å². The largest absolute Gasteiger partial charge is 1.00 e. The molecule has 151 valence electrons. The van der Waals surface area contributed by atoms with Crippen LogP contribution in [0.4, 0.5) is 11.4 Å². The third-order valence-corrected chi connectivity index (χ3v) is 6.82. The van der Waals surface area contributed by atoms with E-state index in [1.54, 1.807) is 0 Å². The maximum atomic E-state index is 5.92. The SMILES string of the molecule is Nc1cc(N)cc(Cc2ccc(C3CCC(C4CC[CH-]CC4)CC3)cc2)c1.[Ru+]. The quantitative estimate of drug-likeness (QED) is 0.327. The van der Waals surface area contributed by atoms with Crippen molar-refractivity contribution in [2.75, 3.05) is 11.5 Å². The van der Waals surface area contributed by atoms with Gasteiger partial charge in [-0.2, -0.15) is 12.8 Å². The van der Waals surface area contributed by atoms with Gasteiger partial charge in [0.25, 0.3) is 0 Å². The van der Waals surface area contributed by atoms with Crippen LogP contribution >= 0.6 is 0 Å². The Morgan fingerprint density at radius 2 is 1.29 bits per heavy atom. The second-order valence-corrected chi connectivity index (χ2v) is 8.74. The summed E-state index contributed by atoms with van der Waals surface area (Å²) in [6.45, 7) is 0. The Morgan fingerprint density at radius 3 is 1.89 bits per heavy atom. The van der Waals surface area contributed by atoms with Gasteiger partial charge in [0, 0.05) is 11.4 Å². The van der Waals surface area contributed by atoms with Gasteiger partial charge in [-0.25, -0.2) is 0 Å². The van der Waals surface area contributed by atoms with Crippen LogP contribution in [0, 0.1) is 18.3 Å². The molecule has 0 unspecified atom stereocenters. The molecule has 0 bridgehead atoms. The predicted molar refractivity (Wildman–Crippen MR) is 115 cm³/mol. The van der Waals surface area contributed by atoms with E-state index in [0.717, 1.165) is 35.5 Å². The molecule has 0 aromatic heterocycles. The van der Waals surface area contributed by atoms with Crippen LogP contribution in [-0.4, -0.2) is 0 Å². The zero-order chi connectivity index (χ0) is 18.6. The average molecular weight is 463 g/mol. The molecule has 2 nitrogen and oxygen atoms in total. The average Bonchev–Trinajstić information content (AvgIpc) is 2.69. The maximum Gasteiger partial charge on any atom is 1.00 e. The number of rotatable bonds is 4. The van der Waals surface area contributed by atoms with Crippen molar-refractivity contribution in [3.63, 3.8) is 0 Å². The minimum absolute atomic E-state index is 0. The van der Waals surface area contributed by atoms with Gasteiger partial charge < -0.3 is 17.9 Å². The van der Waals surface area contributed by atoms with Crippen molar-refractivity contribution in [3.8, 4) is 0 Å². The number of hydrogen-bond donors (Lipinski definition) is 2. The van der Waals surface area contributed by atoms with Crippen molar-refractivity contribution < 1.29 is 19.5 Å². The van der Waals surface area contributed by atoms with Crippen molar-refractivity contribution in [1.29, 1.82) is 0 Å². The number of benzene rings is 2. The Kier molecular flexibility index (Phi) is 7.57. The standard InChI is InChI=1S/C25H33N2.Ru/c26-24-15-19(16-25(27)17-24)14-18-6-8-21(9-7-18)23-12-10-22(11-13-23)20-4-2-1-3-5-20;/h1,6-9,15-17,20,22-23H,2-5,10-14,26-27H2;/q-1;+1. The third-order valence-electron chi connectivity index (χ3n) is 6.82. The van der Waals surface area contributed by atoms with E-state index in [1.807, 2.05) is 18.2 Å². The zero-order valence-electron chi connectivity index (χ0n) is 16.7. The van der Waals surface area contributed by atoms with Gasteiger partial charge in [-0.1, -0.05) is 37.1 Å². The molecule has 2 aliphatic rings. The van der Waals surface area contributed by atoms with Gasteiger partial charge in [-0.3, -0.25) is 0 Å². The van der Waals surface area contributed by atoms with Crippen LogP contribution in [0.2, 0.25) is 0 Å². The molecule has 3 heteroatoms. The molecule has 2 aliphatic carbocycles. The summed E-state index contributed by atoms with van der Waals surface area (Å²) in [4.78, 5) is 0. The summed E-state index contributed by atoms with van der Waals surface area (Å²) in [6.07, 6.45) is 14.6. The summed E-state index contributed by atoms with van der Waals surface area (Å²) in [7, 11) is 0. The second kappa shape index (κ2) is 9.92. The molecule has 0 spiro atoms. The van der Waals surface area contributed by atoms with Gasteiger partial charge in [-0.05, 0) is 84.7 Å². The Labute approximate surface area is 183 Å². The van der Waals surface area contributed by atoms with E-state index in [2.05, 4.69) is 30.7 Å². The Balaban J connectivity index is 0.00000225. The van der Waals surface area contributed by atoms with Gasteiger partial charge in [-0.15, -0.1) is 0 Å². The van der Waals surface area contributed by atoms with E-state index in [1.165, 1.54) is 68.1 Å². The molecule has 1 radical (unpaired) electrons. The molecular formula is C25H33N2Ru. The summed E-state index contributed by atoms with van der Waals surface area (Å²) in [5.41, 5.74) is 17.4.